The van der Waals surface area contributed by atoms with Gasteiger partial charge in [0.15, 0.2) is 0 Å². The van der Waals surface area contributed by atoms with Crippen LogP contribution in [0.15, 0.2) is 78.9 Å². The topological polar surface area (TPSA) is 75.4 Å². The number of halogens is 2. The molecular weight excluding hydrogens is 469 g/mol. The summed E-state index contributed by atoms with van der Waals surface area (Å²) in [6.07, 6.45) is 1.34. The molecule has 3 aromatic carbocycles. The molecule has 0 aliphatic carbocycles. The summed E-state index contributed by atoms with van der Waals surface area (Å²) in [7, 11) is 0. The third-order valence-electron chi connectivity index (χ3n) is 6.28. The highest BCUT2D eigenvalue weighted by Crippen LogP contribution is 2.30. The maximum absolute atomic E-state index is 13.6. The molecule has 1 aliphatic rings. The largest absolute Gasteiger partial charge is 0.350 e. The Morgan fingerprint density at radius 2 is 1.56 bits per heavy atom. The molecule has 1 heterocycles. The Morgan fingerprint density at radius 1 is 0.941 bits per heavy atom. The van der Waals surface area contributed by atoms with Crippen LogP contribution >= 0.6 is 23.2 Å². The number of carbonyl (C=O) groups excluding carboxylic acids is 2. The van der Waals surface area contributed by atoms with E-state index in [9.17, 15) is 9.59 Å². The van der Waals surface area contributed by atoms with Crippen LogP contribution in [0.3, 0.4) is 0 Å². The lowest BCUT2D eigenvalue weighted by Gasteiger charge is -2.31. The second-order valence-electron chi connectivity index (χ2n) is 8.45. The van der Waals surface area contributed by atoms with E-state index >= 15 is 0 Å². The molecular formula is C27H27Cl2N3O2. The van der Waals surface area contributed by atoms with Gasteiger partial charge in [0.25, 0.3) is 0 Å². The molecule has 0 spiro atoms. The molecule has 34 heavy (non-hydrogen) atoms. The minimum atomic E-state index is -0.819. The first-order valence-corrected chi connectivity index (χ1v) is 12.1. The summed E-state index contributed by atoms with van der Waals surface area (Å²) < 4.78 is 0. The summed E-state index contributed by atoms with van der Waals surface area (Å²) >= 11 is 12.3. The van der Waals surface area contributed by atoms with Crippen molar-refractivity contribution in [1.29, 1.82) is 0 Å². The van der Waals surface area contributed by atoms with Crippen molar-refractivity contribution in [2.75, 3.05) is 6.54 Å². The van der Waals surface area contributed by atoms with Gasteiger partial charge < -0.3 is 16.0 Å². The third kappa shape index (κ3) is 5.27. The quantitative estimate of drug-likeness (QED) is 0.495. The summed E-state index contributed by atoms with van der Waals surface area (Å²) in [6, 6.07) is 23.5. The van der Waals surface area contributed by atoms with E-state index in [0.29, 0.717) is 23.0 Å². The molecule has 3 N–H and O–H groups in total. The van der Waals surface area contributed by atoms with Crippen molar-refractivity contribution < 1.29 is 9.59 Å². The van der Waals surface area contributed by atoms with E-state index in [4.69, 9.17) is 28.9 Å². The summed E-state index contributed by atoms with van der Waals surface area (Å²) in [5.41, 5.74) is 9.27. The lowest BCUT2D eigenvalue weighted by atomic mass is 9.84. The zero-order chi connectivity index (χ0) is 24.1. The van der Waals surface area contributed by atoms with E-state index in [1.807, 2.05) is 66.7 Å². The Hall–Kier alpha value is -2.86. The molecule has 2 atom stereocenters. The fraction of sp³-hybridized carbons (Fsp3) is 0.259. The van der Waals surface area contributed by atoms with Crippen molar-refractivity contribution in [3.63, 3.8) is 0 Å². The van der Waals surface area contributed by atoms with Crippen LogP contribution in [0.1, 0.15) is 35.4 Å². The average molecular weight is 496 g/mol. The maximum atomic E-state index is 13.6. The normalized spacial score (nSPS) is 16.5. The zero-order valence-electron chi connectivity index (χ0n) is 18.7. The fourth-order valence-electron chi connectivity index (χ4n) is 4.55. The van der Waals surface area contributed by atoms with Crippen molar-refractivity contribution in [1.82, 2.24) is 10.2 Å². The van der Waals surface area contributed by atoms with Crippen LogP contribution in [0.5, 0.6) is 0 Å². The van der Waals surface area contributed by atoms with Gasteiger partial charge in [0.2, 0.25) is 11.8 Å². The molecule has 0 radical (unpaired) electrons. The molecule has 1 unspecified atom stereocenters. The van der Waals surface area contributed by atoms with Crippen molar-refractivity contribution >= 4 is 35.0 Å². The smallest absolute Gasteiger partial charge is 0.243 e. The van der Waals surface area contributed by atoms with Crippen molar-refractivity contribution in [3.8, 4) is 0 Å². The van der Waals surface area contributed by atoms with Crippen LogP contribution < -0.4 is 11.1 Å². The Morgan fingerprint density at radius 3 is 2.18 bits per heavy atom. The third-order valence-corrected chi connectivity index (χ3v) is 7.14. The van der Waals surface area contributed by atoms with E-state index in [1.54, 1.807) is 17.0 Å². The van der Waals surface area contributed by atoms with Gasteiger partial charge in [-0.1, -0.05) is 96.0 Å². The monoisotopic (exact) mass is 495 g/mol. The summed E-state index contributed by atoms with van der Waals surface area (Å²) in [5.74, 6) is -0.759. The molecule has 0 saturated carbocycles. The molecule has 1 aliphatic heterocycles. The van der Waals surface area contributed by atoms with Crippen LogP contribution in [0, 0.1) is 0 Å². The summed E-state index contributed by atoms with van der Waals surface area (Å²) in [5, 5.41) is 3.76. The van der Waals surface area contributed by atoms with Crippen molar-refractivity contribution in [3.05, 3.63) is 106 Å². The number of nitrogens with two attached hydrogens (primary N) is 1. The number of hydrogen-bond donors (Lipinski definition) is 2. The van der Waals surface area contributed by atoms with Crippen molar-refractivity contribution in [2.24, 2.45) is 5.73 Å². The van der Waals surface area contributed by atoms with Gasteiger partial charge in [0, 0.05) is 19.0 Å². The number of nitrogens with zero attached hydrogens (tertiary/aromatic N) is 1. The lowest BCUT2D eigenvalue weighted by Crippen LogP contribution is -2.52. The Labute approximate surface area is 209 Å². The number of hydrogen-bond acceptors (Lipinski definition) is 3. The maximum Gasteiger partial charge on any atom is 0.243 e. The highest BCUT2D eigenvalue weighted by molar-refractivity contribution is 6.42. The zero-order valence-corrected chi connectivity index (χ0v) is 20.2. The van der Waals surface area contributed by atoms with Gasteiger partial charge in [-0.3, -0.25) is 9.59 Å². The van der Waals surface area contributed by atoms with E-state index in [-0.39, 0.29) is 24.3 Å². The Kier molecular flexibility index (Phi) is 7.88. The molecule has 4 rings (SSSR count). The molecule has 0 aromatic heterocycles. The van der Waals surface area contributed by atoms with Gasteiger partial charge in [-0.2, -0.15) is 0 Å². The number of amides is 2. The molecule has 5 nitrogen and oxygen atoms in total. The first kappa shape index (κ1) is 24.3. The van der Waals surface area contributed by atoms with E-state index in [2.05, 4.69) is 5.32 Å². The number of rotatable bonds is 7. The molecule has 7 heteroatoms. The van der Waals surface area contributed by atoms with Crippen LogP contribution in [0.4, 0.5) is 0 Å². The summed E-state index contributed by atoms with van der Waals surface area (Å²) in [6.45, 7) is 0.734. The number of benzene rings is 3. The van der Waals surface area contributed by atoms with Crippen LogP contribution in [0.2, 0.25) is 10.0 Å². The van der Waals surface area contributed by atoms with Crippen LogP contribution in [-0.4, -0.2) is 35.3 Å². The average Bonchev–Trinajstić information content (AvgIpc) is 3.36. The predicted octanol–water partition coefficient (Wildman–Crippen LogP) is 4.76. The molecule has 0 bridgehead atoms. The predicted molar refractivity (Wildman–Crippen MR) is 136 cm³/mol. The highest BCUT2D eigenvalue weighted by Gasteiger charge is 2.39. The number of nitrogens with one attached hydrogen (secondary N) is 1. The molecule has 176 valence electrons. The Balaban J connectivity index is 1.51. The SMILES string of the molecule is N[C@@H](C(=O)N1CCCC1C(=O)NCc1cccc(Cl)c1Cl)C(c1ccccc1)c1ccccc1. The number of likely N-dealkylation sites (tertiary alicyclic amines) is 1. The summed E-state index contributed by atoms with van der Waals surface area (Å²) in [4.78, 5) is 28.3. The van der Waals surface area contributed by atoms with E-state index in [1.165, 1.54) is 0 Å². The lowest BCUT2D eigenvalue weighted by molar-refractivity contribution is -0.139. The van der Waals surface area contributed by atoms with E-state index in [0.717, 1.165) is 23.1 Å². The minimum absolute atomic E-state index is 0.218. The van der Waals surface area contributed by atoms with Crippen LogP contribution in [-0.2, 0) is 16.1 Å². The van der Waals surface area contributed by atoms with Crippen molar-refractivity contribution in [2.45, 2.75) is 37.4 Å². The molecule has 1 saturated heterocycles. The molecule has 2 amide bonds. The van der Waals surface area contributed by atoms with Gasteiger partial charge in [-0.25, -0.2) is 0 Å². The first-order chi connectivity index (χ1) is 16.5. The standard InChI is InChI=1S/C27H27Cl2N3O2/c28-21-14-7-13-20(24(21)29)17-31-26(33)22-15-8-16-32(22)27(34)25(30)23(18-9-3-1-4-10-18)19-11-5-2-6-12-19/h1-7,9-14,22-23,25H,8,15-17,30H2,(H,31,33)/t22?,25-/m1/s1. The second kappa shape index (κ2) is 11.0. The van der Waals surface area contributed by atoms with Gasteiger partial charge in [-0.15, -0.1) is 0 Å². The molecule has 1 fully saturated rings. The first-order valence-electron chi connectivity index (χ1n) is 11.3. The number of carbonyl (C=O) groups is 2. The van der Waals surface area contributed by atoms with Gasteiger partial charge >= 0.3 is 0 Å². The fourth-order valence-corrected chi connectivity index (χ4v) is 4.94. The molecule has 3 aromatic rings. The van der Waals surface area contributed by atoms with Gasteiger partial charge in [0.1, 0.15) is 6.04 Å². The van der Waals surface area contributed by atoms with E-state index < -0.39 is 12.1 Å². The van der Waals surface area contributed by atoms with Crippen LogP contribution in [0.25, 0.3) is 0 Å². The van der Waals surface area contributed by atoms with Gasteiger partial charge in [-0.05, 0) is 35.6 Å². The second-order valence-corrected chi connectivity index (χ2v) is 9.23. The van der Waals surface area contributed by atoms with Gasteiger partial charge in [0.05, 0.1) is 16.1 Å². The highest BCUT2D eigenvalue weighted by atomic mass is 35.5. The minimum Gasteiger partial charge on any atom is -0.350 e. The Bertz CT molecular complexity index is 1100.